The van der Waals surface area contributed by atoms with Crippen LogP contribution in [0.2, 0.25) is 0 Å². The lowest BCUT2D eigenvalue weighted by molar-refractivity contribution is 0.189. The van der Waals surface area contributed by atoms with Crippen molar-refractivity contribution in [3.05, 3.63) is 47.3 Å². The van der Waals surface area contributed by atoms with Crippen molar-refractivity contribution < 1.29 is 4.39 Å². The minimum atomic E-state index is -0.117. The monoisotopic (exact) mass is 328 g/mol. The molecule has 1 aromatic rings. The van der Waals surface area contributed by atoms with Crippen LogP contribution >= 0.6 is 0 Å². The maximum atomic E-state index is 13.3. The Bertz CT molecular complexity index is 534. The summed E-state index contributed by atoms with van der Waals surface area (Å²) in [5.74, 6) is 0.447. The molecule has 1 atom stereocenters. The van der Waals surface area contributed by atoms with Gasteiger partial charge in [0.2, 0.25) is 0 Å². The molecule has 0 aromatic heterocycles. The second kappa shape index (κ2) is 8.32. The summed E-state index contributed by atoms with van der Waals surface area (Å²) in [7, 11) is 0. The lowest BCUT2D eigenvalue weighted by Gasteiger charge is -2.35. The number of halogens is 1. The fourth-order valence-electron chi connectivity index (χ4n) is 4.71. The first kappa shape index (κ1) is 17.7. The molecule has 132 valence electrons. The number of hydrogen-bond acceptors (Lipinski definition) is 0. The van der Waals surface area contributed by atoms with E-state index in [0.29, 0.717) is 11.3 Å². The molecule has 1 fully saturated rings. The van der Waals surface area contributed by atoms with E-state index in [9.17, 15) is 4.39 Å². The van der Waals surface area contributed by atoms with Crippen LogP contribution in [0.3, 0.4) is 0 Å². The highest BCUT2D eigenvalue weighted by atomic mass is 19.1. The Morgan fingerprint density at radius 3 is 2.42 bits per heavy atom. The van der Waals surface area contributed by atoms with E-state index in [1.807, 2.05) is 12.1 Å². The van der Waals surface area contributed by atoms with Crippen molar-refractivity contribution in [1.29, 1.82) is 0 Å². The van der Waals surface area contributed by atoms with E-state index in [0.717, 1.165) is 0 Å². The Balaban J connectivity index is 1.68. The summed E-state index contributed by atoms with van der Waals surface area (Å²) in [6.45, 7) is 2.49. The number of rotatable bonds is 6. The molecule has 0 saturated heterocycles. The van der Waals surface area contributed by atoms with Crippen LogP contribution in [0, 0.1) is 11.2 Å². The largest absolute Gasteiger partial charge is 0.207 e. The third kappa shape index (κ3) is 4.94. The molecule has 2 aliphatic carbocycles. The number of hydrogen-bond donors (Lipinski definition) is 0. The van der Waals surface area contributed by atoms with Gasteiger partial charge in [-0.3, -0.25) is 0 Å². The van der Waals surface area contributed by atoms with Gasteiger partial charge in [-0.15, -0.1) is 0 Å². The van der Waals surface area contributed by atoms with E-state index in [-0.39, 0.29) is 5.82 Å². The summed E-state index contributed by atoms with van der Waals surface area (Å²) in [5.41, 5.74) is 3.52. The van der Waals surface area contributed by atoms with Gasteiger partial charge in [0.15, 0.2) is 0 Å². The molecule has 1 heteroatoms. The Kier molecular flexibility index (Phi) is 6.14. The lowest BCUT2D eigenvalue weighted by Crippen LogP contribution is -2.21. The molecule has 0 heterocycles. The average Bonchev–Trinajstić information content (AvgIpc) is 2.61. The predicted octanol–water partition coefficient (Wildman–Crippen LogP) is 7.55. The van der Waals surface area contributed by atoms with Crippen molar-refractivity contribution in [3.8, 4) is 0 Å². The van der Waals surface area contributed by atoms with Crippen LogP contribution in [0.25, 0.3) is 0 Å². The first-order valence-electron chi connectivity index (χ1n) is 10.1. The van der Waals surface area contributed by atoms with Gasteiger partial charge < -0.3 is 0 Å². The van der Waals surface area contributed by atoms with E-state index in [1.165, 1.54) is 82.6 Å². The summed E-state index contributed by atoms with van der Waals surface area (Å²) in [6.07, 6.45) is 18.5. The van der Waals surface area contributed by atoms with E-state index >= 15 is 0 Å². The van der Waals surface area contributed by atoms with Crippen molar-refractivity contribution in [3.63, 3.8) is 0 Å². The predicted molar refractivity (Wildman–Crippen MR) is 101 cm³/mol. The van der Waals surface area contributed by atoms with Gasteiger partial charge in [0, 0.05) is 0 Å². The highest BCUT2D eigenvalue weighted by Crippen LogP contribution is 2.43. The number of allylic oxidation sites excluding steroid dienone is 2. The summed E-state index contributed by atoms with van der Waals surface area (Å²) >= 11 is 0. The molecule has 0 N–H and O–H groups in total. The Hall–Kier alpha value is -1.11. The van der Waals surface area contributed by atoms with Gasteiger partial charge in [-0.05, 0) is 86.8 Å². The maximum Gasteiger partial charge on any atom is 0.123 e. The zero-order chi connectivity index (χ0) is 16.8. The quantitative estimate of drug-likeness (QED) is 0.473. The number of benzene rings is 1. The molecule has 0 nitrogen and oxygen atoms in total. The summed E-state index contributed by atoms with van der Waals surface area (Å²) < 4.78 is 13.3. The molecule has 0 radical (unpaired) electrons. The molecule has 24 heavy (non-hydrogen) atoms. The first-order chi connectivity index (χ1) is 11.6. The van der Waals surface area contributed by atoms with Crippen molar-refractivity contribution in [1.82, 2.24) is 0 Å². The smallest absolute Gasteiger partial charge is 0.123 e. The van der Waals surface area contributed by atoms with Crippen LogP contribution in [0.4, 0.5) is 4.39 Å². The molecule has 0 aliphatic heterocycles. The van der Waals surface area contributed by atoms with Crippen LogP contribution in [0.15, 0.2) is 35.9 Å². The van der Waals surface area contributed by atoms with E-state index < -0.39 is 0 Å². The zero-order valence-corrected chi connectivity index (χ0v) is 15.3. The third-order valence-corrected chi connectivity index (χ3v) is 6.39. The van der Waals surface area contributed by atoms with Gasteiger partial charge in [0.25, 0.3) is 0 Å². The van der Waals surface area contributed by atoms with Crippen LogP contribution in [-0.4, -0.2) is 0 Å². The van der Waals surface area contributed by atoms with Gasteiger partial charge in [0.1, 0.15) is 5.82 Å². The Labute approximate surface area is 147 Å². The van der Waals surface area contributed by atoms with E-state index in [1.54, 1.807) is 17.7 Å². The Morgan fingerprint density at radius 2 is 1.75 bits per heavy atom. The van der Waals surface area contributed by atoms with Crippen molar-refractivity contribution in [2.24, 2.45) is 5.41 Å². The SMILES string of the molecule is CC1(CCC(CC2=CCCCC2)c2ccc(F)cc2)CCCCC1. The summed E-state index contributed by atoms with van der Waals surface area (Å²) in [5, 5.41) is 0. The second-order valence-corrected chi connectivity index (χ2v) is 8.47. The highest BCUT2D eigenvalue weighted by Gasteiger charge is 2.28. The molecule has 0 spiro atoms. The first-order valence-corrected chi connectivity index (χ1v) is 10.1. The molecule has 1 saturated carbocycles. The third-order valence-electron chi connectivity index (χ3n) is 6.39. The normalized spacial score (nSPS) is 22.0. The van der Waals surface area contributed by atoms with E-state index in [4.69, 9.17) is 0 Å². The van der Waals surface area contributed by atoms with Crippen LogP contribution in [0.1, 0.15) is 95.5 Å². The topological polar surface area (TPSA) is 0 Å². The molecule has 0 bridgehead atoms. The lowest BCUT2D eigenvalue weighted by atomic mass is 9.70. The molecular weight excluding hydrogens is 295 g/mol. The minimum Gasteiger partial charge on any atom is -0.207 e. The summed E-state index contributed by atoms with van der Waals surface area (Å²) in [6, 6.07) is 7.32. The average molecular weight is 329 g/mol. The van der Waals surface area contributed by atoms with Crippen molar-refractivity contribution >= 4 is 0 Å². The van der Waals surface area contributed by atoms with Gasteiger partial charge in [-0.2, -0.15) is 0 Å². The zero-order valence-electron chi connectivity index (χ0n) is 15.3. The fraction of sp³-hybridized carbons (Fsp3) is 0.652. The fourth-order valence-corrected chi connectivity index (χ4v) is 4.71. The Morgan fingerprint density at radius 1 is 1.00 bits per heavy atom. The van der Waals surface area contributed by atoms with Crippen LogP contribution in [-0.2, 0) is 0 Å². The standard InChI is InChI=1S/C23H33F/c1-23(15-6-3-7-16-23)17-14-21(18-19-8-4-2-5-9-19)20-10-12-22(24)13-11-20/h8,10-13,21H,2-7,9,14-18H2,1H3. The molecule has 0 amide bonds. The highest BCUT2D eigenvalue weighted by molar-refractivity contribution is 5.23. The second-order valence-electron chi connectivity index (χ2n) is 8.47. The van der Waals surface area contributed by atoms with Crippen molar-refractivity contribution in [2.75, 3.05) is 0 Å². The van der Waals surface area contributed by atoms with Crippen LogP contribution < -0.4 is 0 Å². The van der Waals surface area contributed by atoms with E-state index in [2.05, 4.69) is 13.0 Å². The van der Waals surface area contributed by atoms with Gasteiger partial charge >= 0.3 is 0 Å². The minimum absolute atomic E-state index is 0.117. The molecule has 3 rings (SSSR count). The van der Waals surface area contributed by atoms with Crippen molar-refractivity contribution in [2.45, 2.75) is 89.9 Å². The van der Waals surface area contributed by atoms with Gasteiger partial charge in [-0.1, -0.05) is 50.0 Å². The molecule has 2 aliphatic rings. The molecule has 1 aromatic carbocycles. The van der Waals surface area contributed by atoms with Gasteiger partial charge in [0.05, 0.1) is 0 Å². The molecular formula is C23H33F. The summed E-state index contributed by atoms with van der Waals surface area (Å²) in [4.78, 5) is 0. The molecule has 1 unspecified atom stereocenters. The maximum absolute atomic E-state index is 13.3. The van der Waals surface area contributed by atoms with Crippen LogP contribution in [0.5, 0.6) is 0 Å². The van der Waals surface area contributed by atoms with Gasteiger partial charge in [-0.25, -0.2) is 4.39 Å².